The fourth-order valence-corrected chi connectivity index (χ4v) is 6.87. The van der Waals surface area contributed by atoms with E-state index in [1.807, 2.05) is 36.4 Å². The van der Waals surface area contributed by atoms with Crippen LogP contribution < -0.4 is 0 Å². The van der Waals surface area contributed by atoms with Crippen LogP contribution in [0.15, 0.2) is 115 Å². The van der Waals surface area contributed by atoms with Gasteiger partial charge in [-0.1, -0.05) is 123 Å². The van der Waals surface area contributed by atoms with E-state index in [9.17, 15) is 0 Å². The average molecular weight is 528 g/mol. The molecule has 0 amide bonds. The number of hydrogen-bond acceptors (Lipinski definition) is 3. The van der Waals surface area contributed by atoms with E-state index in [2.05, 4.69) is 92.7 Å². The fourth-order valence-electron chi connectivity index (χ4n) is 6.87. The Labute approximate surface area is 240 Å². The predicted molar refractivity (Wildman–Crippen MR) is 167 cm³/mol. The van der Waals surface area contributed by atoms with Gasteiger partial charge in [-0.05, 0) is 63.4 Å². The molecule has 8 rings (SSSR count). The first kappa shape index (κ1) is 24.0. The SMILES string of the molecule is CC1(C)c2cc(-c3nc(-c4ccccc4)nc(-c4ccccc4)n3)ccc2-c2ccc3c(c21)CCc1ccccc1-3. The maximum absolute atomic E-state index is 4.99. The number of rotatable bonds is 3. The van der Waals surface area contributed by atoms with Gasteiger partial charge in [-0.2, -0.15) is 0 Å². The highest BCUT2D eigenvalue weighted by molar-refractivity contribution is 5.88. The van der Waals surface area contributed by atoms with Crippen LogP contribution >= 0.6 is 0 Å². The molecule has 0 aliphatic heterocycles. The Kier molecular flexibility index (Phi) is 5.30. The molecule has 0 radical (unpaired) electrons. The molecule has 2 aliphatic carbocycles. The number of nitrogens with zero attached hydrogens (tertiary/aromatic N) is 3. The van der Waals surface area contributed by atoms with Gasteiger partial charge in [-0.3, -0.25) is 0 Å². The molecule has 0 fully saturated rings. The van der Waals surface area contributed by atoms with Crippen LogP contribution in [0.25, 0.3) is 56.4 Å². The monoisotopic (exact) mass is 527 g/mol. The van der Waals surface area contributed by atoms with E-state index in [4.69, 9.17) is 15.0 Å². The number of aromatic nitrogens is 3. The molecule has 3 heteroatoms. The minimum atomic E-state index is -0.129. The average Bonchev–Trinajstić information content (AvgIpc) is 3.27. The summed E-state index contributed by atoms with van der Waals surface area (Å²) in [4.78, 5) is 14.9. The molecule has 0 bridgehead atoms. The Morgan fingerprint density at radius 3 is 1.73 bits per heavy atom. The summed E-state index contributed by atoms with van der Waals surface area (Å²) in [6.45, 7) is 4.75. The van der Waals surface area contributed by atoms with Crippen molar-refractivity contribution in [1.29, 1.82) is 0 Å². The number of benzene rings is 5. The zero-order valence-electron chi connectivity index (χ0n) is 23.2. The molecule has 0 saturated heterocycles. The smallest absolute Gasteiger partial charge is 0.164 e. The minimum absolute atomic E-state index is 0.129. The number of fused-ring (bicyclic) bond motifs is 7. The van der Waals surface area contributed by atoms with Gasteiger partial charge in [-0.15, -0.1) is 0 Å². The first-order chi connectivity index (χ1) is 20.1. The van der Waals surface area contributed by atoms with Crippen LogP contribution in [0.2, 0.25) is 0 Å². The molecule has 1 aromatic heterocycles. The van der Waals surface area contributed by atoms with Crippen LogP contribution in [0.1, 0.15) is 36.1 Å². The van der Waals surface area contributed by atoms with Gasteiger partial charge in [0.05, 0.1) is 0 Å². The van der Waals surface area contributed by atoms with Crippen molar-refractivity contribution in [3.63, 3.8) is 0 Å². The second kappa shape index (κ2) is 9.07. The Balaban J connectivity index is 1.28. The molecule has 0 saturated carbocycles. The van der Waals surface area contributed by atoms with Crippen LogP contribution in [0.3, 0.4) is 0 Å². The van der Waals surface area contributed by atoms with Crippen LogP contribution in [0.4, 0.5) is 0 Å². The van der Waals surface area contributed by atoms with Crippen molar-refractivity contribution in [2.75, 3.05) is 0 Å². The number of hydrogen-bond donors (Lipinski definition) is 0. The van der Waals surface area contributed by atoms with Gasteiger partial charge in [0.1, 0.15) is 0 Å². The van der Waals surface area contributed by atoms with Crippen LogP contribution in [-0.4, -0.2) is 15.0 Å². The second-order valence-corrected chi connectivity index (χ2v) is 11.6. The summed E-state index contributed by atoms with van der Waals surface area (Å²) in [5, 5.41) is 0. The first-order valence-electron chi connectivity index (χ1n) is 14.3. The molecule has 3 nitrogen and oxygen atoms in total. The van der Waals surface area contributed by atoms with E-state index >= 15 is 0 Å². The summed E-state index contributed by atoms with van der Waals surface area (Å²) in [5.74, 6) is 2.07. The standard InChI is InChI=1S/C38H29N3/c1-38(2)33-23-27(37-40-35(25-12-5-3-6-13-25)39-36(41-37)26-14-7-4-8-15-26)18-19-30(33)32-22-21-29-28-16-10-9-11-24(28)17-20-31(29)34(32)38/h3-16,18-19,21-23H,17,20H2,1-2H3. The normalized spacial score (nSPS) is 14.1. The predicted octanol–water partition coefficient (Wildman–Crippen LogP) is 8.94. The molecule has 6 aromatic rings. The molecular weight excluding hydrogens is 498 g/mol. The van der Waals surface area contributed by atoms with Crippen molar-refractivity contribution in [3.05, 3.63) is 138 Å². The summed E-state index contributed by atoms with van der Waals surface area (Å²) in [7, 11) is 0. The lowest BCUT2D eigenvalue weighted by molar-refractivity contribution is 0.649. The lowest BCUT2D eigenvalue weighted by Gasteiger charge is -2.29. The summed E-state index contributed by atoms with van der Waals surface area (Å²) in [6.07, 6.45) is 2.17. The zero-order valence-corrected chi connectivity index (χ0v) is 23.2. The summed E-state index contributed by atoms with van der Waals surface area (Å²) in [5.41, 5.74) is 14.1. The van der Waals surface area contributed by atoms with E-state index in [0.717, 1.165) is 29.5 Å². The van der Waals surface area contributed by atoms with Gasteiger partial charge in [0, 0.05) is 22.1 Å². The van der Waals surface area contributed by atoms with Gasteiger partial charge in [0.15, 0.2) is 17.5 Å². The van der Waals surface area contributed by atoms with E-state index in [0.29, 0.717) is 17.5 Å². The fraction of sp³-hybridized carbons (Fsp3) is 0.132. The maximum atomic E-state index is 4.99. The topological polar surface area (TPSA) is 38.7 Å². The summed E-state index contributed by atoms with van der Waals surface area (Å²) < 4.78 is 0. The molecule has 2 aliphatic rings. The van der Waals surface area contributed by atoms with Crippen LogP contribution in [-0.2, 0) is 18.3 Å². The largest absolute Gasteiger partial charge is 0.208 e. The molecule has 0 spiro atoms. The second-order valence-electron chi connectivity index (χ2n) is 11.6. The third kappa shape index (κ3) is 3.76. The van der Waals surface area contributed by atoms with Crippen molar-refractivity contribution in [3.8, 4) is 56.4 Å². The Morgan fingerprint density at radius 2 is 1.05 bits per heavy atom. The van der Waals surface area contributed by atoms with Crippen LogP contribution in [0.5, 0.6) is 0 Å². The van der Waals surface area contributed by atoms with Gasteiger partial charge in [-0.25, -0.2) is 15.0 Å². The van der Waals surface area contributed by atoms with Gasteiger partial charge in [0.25, 0.3) is 0 Å². The van der Waals surface area contributed by atoms with E-state index in [1.54, 1.807) is 0 Å². The maximum Gasteiger partial charge on any atom is 0.164 e. The Morgan fingerprint density at radius 1 is 0.488 bits per heavy atom. The van der Waals surface area contributed by atoms with Gasteiger partial charge >= 0.3 is 0 Å². The Bertz CT molecular complexity index is 1900. The van der Waals surface area contributed by atoms with Crippen LogP contribution in [0, 0.1) is 0 Å². The van der Waals surface area contributed by atoms with Gasteiger partial charge in [0.2, 0.25) is 0 Å². The summed E-state index contributed by atoms with van der Waals surface area (Å²) >= 11 is 0. The van der Waals surface area contributed by atoms with Crippen molar-refractivity contribution >= 4 is 0 Å². The highest BCUT2D eigenvalue weighted by Gasteiger charge is 2.39. The molecule has 5 aromatic carbocycles. The highest BCUT2D eigenvalue weighted by Crippen LogP contribution is 2.53. The molecule has 0 N–H and O–H groups in total. The van der Waals surface area contributed by atoms with Crippen molar-refractivity contribution in [1.82, 2.24) is 15.0 Å². The lowest BCUT2D eigenvalue weighted by atomic mass is 9.74. The minimum Gasteiger partial charge on any atom is -0.208 e. The van der Waals surface area contributed by atoms with Crippen molar-refractivity contribution in [2.45, 2.75) is 32.1 Å². The van der Waals surface area contributed by atoms with Crippen molar-refractivity contribution in [2.24, 2.45) is 0 Å². The zero-order chi connectivity index (χ0) is 27.6. The van der Waals surface area contributed by atoms with Gasteiger partial charge < -0.3 is 0 Å². The number of aryl methyl sites for hydroxylation is 1. The Hall–Kier alpha value is -4.89. The molecule has 41 heavy (non-hydrogen) atoms. The molecule has 0 unspecified atom stereocenters. The first-order valence-corrected chi connectivity index (χ1v) is 14.3. The molecular formula is C38H29N3. The summed E-state index contributed by atoms with van der Waals surface area (Å²) in [6, 6.07) is 40.7. The highest BCUT2D eigenvalue weighted by atomic mass is 15.0. The quantitative estimate of drug-likeness (QED) is 0.231. The molecule has 0 atom stereocenters. The van der Waals surface area contributed by atoms with E-state index in [-0.39, 0.29) is 5.41 Å². The third-order valence-electron chi connectivity index (χ3n) is 8.83. The molecule has 1 heterocycles. The molecule has 196 valence electrons. The van der Waals surface area contributed by atoms with E-state index < -0.39 is 0 Å². The third-order valence-corrected chi connectivity index (χ3v) is 8.83. The van der Waals surface area contributed by atoms with E-state index in [1.165, 1.54) is 44.5 Å². The van der Waals surface area contributed by atoms with Crippen molar-refractivity contribution < 1.29 is 0 Å². The lowest BCUT2D eigenvalue weighted by Crippen LogP contribution is -2.19.